The van der Waals surface area contributed by atoms with E-state index in [1.165, 1.54) is 0 Å². The fraction of sp³-hybridized carbons (Fsp3) is 0.538. The molecule has 0 unspecified atom stereocenters. The van der Waals surface area contributed by atoms with Gasteiger partial charge >= 0.3 is 0 Å². The van der Waals surface area contributed by atoms with Gasteiger partial charge in [-0.2, -0.15) is 0 Å². The Hall–Kier alpha value is -1.14. The maximum absolute atomic E-state index is 5.55. The molecule has 0 N–H and O–H groups in total. The first kappa shape index (κ1) is 12.9. The van der Waals surface area contributed by atoms with Gasteiger partial charge in [0.05, 0.1) is 12.3 Å². The van der Waals surface area contributed by atoms with Crippen molar-refractivity contribution >= 4 is 21.6 Å². The van der Waals surface area contributed by atoms with Crippen molar-refractivity contribution in [2.24, 2.45) is 0 Å². The van der Waals surface area contributed by atoms with Crippen molar-refractivity contribution in [2.45, 2.75) is 25.7 Å². The zero-order chi connectivity index (χ0) is 13.2. The van der Waals surface area contributed by atoms with Gasteiger partial charge in [0, 0.05) is 31.5 Å². The molecule has 0 atom stereocenters. The van der Waals surface area contributed by atoms with Crippen LogP contribution in [-0.4, -0.2) is 34.2 Å². The molecule has 2 aromatic rings. The lowest BCUT2D eigenvalue weighted by atomic mass is 9.97. The van der Waals surface area contributed by atoms with Crippen LogP contribution in [-0.2, 0) is 4.74 Å². The lowest BCUT2D eigenvalue weighted by Gasteiger charge is -2.19. The molecule has 0 saturated carbocycles. The lowest BCUT2D eigenvalue weighted by molar-refractivity contribution is 0.0846. The van der Waals surface area contributed by atoms with Crippen molar-refractivity contribution in [3.05, 3.63) is 22.7 Å². The first-order valence-corrected chi connectivity index (χ1v) is 7.33. The quantitative estimate of drug-likeness (QED) is 0.870. The summed E-state index contributed by atoms with van der Waals surface area (Å²) >= 11 is 3.40. The molecule has 102 valence electrons. The van der Waals surface area contributed by atoms with Gasteiger partial charge in [-0.1, -0.05) is 0 Å². The van der Waals surface area contributed by atoms with Crippen LogP contribution in [0.4, 0.5) is 0 Å². The average molecular weight is 326 g/mol. The van der Waals surface area contributed by atoms with Crippen molar-refractivity contribution < 1.29 is 9.47 Å². The van der Waals surface area contributed by atoms with Gasteiger partial charge in [-0.3, -0.25) is 4.40 Å². The minimum Gasteiger partial charge on any atom is -0.475 e. The second kappa shape index (κ2) is 5.46. The van der Waals surface area contributed by atoms with Crippen molar-refractivity contribution in [3.63, 3.8) is 0 Å². The van der Waals surface area contributed by atoms with E-state index in [0.717, 1.165) is 42.0 Å². The summed E-state index contributed by atoms with van der Waals surface area (Å²) in [5.74, 6) is 1.05. The summed E-state index contributed by atoms with van der Waals surface area (Å²) < 4.78 is 13.7. The molecule has 0 aliphatic carbocycles. The van der Waals surface area contributed by atoms with Crippen LogP contribution >= 0.6 is 15.9 Å². The van der Waals surface area contributed by atoms with Crippen LogP contribution in [0.3, 0.4) is 0 Å². The minimum atomic E-state index is 0.474. The van der Waals surface area contributed by atoms with E-state index in [4.69, 9.17) is 14.5 Å². The Labute approximate surface area is 120 Å². The maximum atomic E-state index is 5.55. The van der Waals surface area contributed by atoms with Crippen LogP contribution in [0.5, 0.6) is 5.88 Å². The topological polar surface area (TPSA) is 48.7 Å². The standard InChI is InChI=1S/C13H16BrN3O2/c1-2-19-13-12-15-10(9-3-5-18-6-4-9)7-17(12)8-11(14)16-13/h7-9H,2-6H2,1H3. The molecule has 0 radical (unpaired) electrons. The Morgan fingerprint density at radius 1 is 1.37 bits per heavy atom. The number of rotatable bonds is 3. The Balaban J connectivity index is 2.01. The smallest absolute Gasteiger partial charge is 0.259 e. The summed E-state index contributed by atoms with van der Waals surface area (Å²) in [5.41, 5.74) is 1.88. The molecule has 0 spiro atoms. The number of fused-ring (bicyclic) bond motifs is 1. The molecule has 0 aromatic carbocycles. The number of hydrogen-bond acceptors (Lipinski definition) is 4. The largest absolute Gasteiger partial charge is 0.475 e. The molecular formula is C13H16BrN3O2. The Bertz CT molecular complexity index is 579. The molecule has 0 amide bonds. The second-order valence-corrected chi connectivity index (χ2v) is 5.40. The average Bonchev–Trinajstić information content (AvgIpc) is 2.84. The van der Waals surface area contributed by atoms with Gasteiger partial charge in [-0.25, -0.2) is 9.97 Å². The van der Waals surface area contributed by atoms with E-state index in [9.17, 15) is 0 Å². The molecule has 1 saturated heterocycles. The summed E-state index contributed by atoms with van der Waals surface area (Å²) in [4.78, 5) is 9.03. The number of halogens is 1. The molecule has 1 fully saturated rings. The number of imidazole rings is 1. The zero-order valence-electron chi connectivity index (χ0n) is 10.8. The van der Waals surface area contributed by atoms with Crippen molar-refractivity contribution in [1.82, 2.24) is 14.4 Å². The summed E-state index contributed by atoms with van der Waals surface area (Å²) in [5, 5.41) is 0. The SMILES string of the molecule is CCOc1nc(Br)cn2cc(C3CCOCC3)nc12. The van der Waals surface area contributed by atoms with Crippen LogP contribution in [0, 0.1) is 0 Å². The van der Waals surface area contributed by atoms with Crippen LogP contribution in [0.15, 0.2) is 17.0 Å². The third kappa shape index (κ3) is 2.60. The highest BCUT2D eigenvalue weighted by Crippen LogP contribution is 2.28. The number of ether oxygens (including phenoxy) is 2. The van der Waals surface area contributed by atoms with Crippen molar-refractivity contribution in [1.29, 1.82) is 0 Å². The van der Waals surface area contributed by atoms with Gasteiger partial charge in [0.25, 0.3) is 5.88 Å². The number of nitrogens with zero attached hydrogens (tertiary/aromatic N) is 3. The first-order chi connectivity index (χ1) is 9.28. The molecule has 3 rings (SSSR count). The van der Waals surface area contributed by atoms with Gasteiger partial charge in [0.15, 0.2) is 0 Å². The molecule has 6 heteroatoms. The molecule has 1 aliphatic rings. The van der Waals surface area contributed by atoms with Crippen LogP contribution in [0.25, 0.3) is 5.65 Å². The number of aromatic nitrogens is 3. The molecular weight excluding hydrogens is 310 g/mol. The van der Waals surface area contributed by atoms with E-state index < -0.39 is 0 Å². The van der Waals surface area contributed by atoms with E-state index in [0.29, 0.717) is 18.4 Å². The normalized spacial score (nSPS) is 16.9. The predicted molar refractivity (Wildman–Crippen MR) is 74.7 cm³/mol. The minimum absolute atomic E-state index is 0.474. The molecule has 3 heterocycles. The van der Waals surface area contributed by atoms with Crippen molar-refractivity contribution in [2.75, 3.05) is 19.8 Å². The summed E-state index contributed by atoms with van der Waals surface area (Å²) in [6.45, 7) is 4.16. The van der Waals surface area contributed by atoms with E-state index in [-0.39, 0.29) is 0 Å². The first-order valence-electron chi connectivity index (χ1n) is 6.53. The molecule has 2 aromatic heterocycles. The highest BCUT2D eigenvalue weighted by atomic mass is 79.9. The fourth-order valence-electron chi connectivity index (χ4n) is 2.38. The zero-order valence-corrected chi connectivity index (χ0v) is 12.4. The molecule has 1 aliphatic heterocycles. The van der Waals surface area contributed by atoms with Gasteiger partial charge in [-0.05, 0) is 35.7 Å². The van der Waals surface area contributed by atoms with Crippen molar-refractivity contribution in [3.8, 4) is 5.88 Å². The van der Waals surface area contributed by atoms with E-state index in [2.05, 4.69) is 27.1 Å². The molecule has 0 bridgehead atoms. The monoisotopic (exact) mass is 325 g/mol. The third-order valence-corrected chi connectivity index (χ3v) is 3.70. The van der Waals surface area contributed by atoms with Gasteiger partial charge < -0.3 is 9.47 Å². The molecule has 5 nitrogen and oxygen atoms in total. The van der Waals surface area contributed by atoms with E-state index >= 15 is 0 Å². The van der Waals surface area contributed by atoms with Gasteiger partial charge in [-0.15, -0.1) is 0 Å². The maximum Gasteiger partial charge on any atom is 0.259 e. The Morgan fingerprint density at radius 3 is 2.89 bits per heavy atom. The van der Waals surface area contributed by atoms with Crippen LogP contribution in [0.1, 0.15) is 31.4 Å². The predicted octanol–water partition coefficient (Wildman–Crippen LogP) is 2.78. The fourth-order valence-corrected chi connectivity index (χ4v) is 2.77. The van der Waals surface area contributed by atoms with E-state index in [1.54, 1.807) is 0 Å². The van der Waals surface area contributed by atoms with Crippen LogP contribution in [0.2, 0.25) is 0 Å². The van der Waals surface area contributed by atoms with Gasteiger partial charge in [0.1, 0.15) is 4.60 Å². The Kier molecular flexibility index (Phi) is 3.70. The summed E-state index contributed by atoms with van der Waals surface area (Å²) in [6, 6.07) is 0. The van der Waals surface area contributed by atoms with Gasteiger partial charge in [0.2, 0.25) is 5.65 Å². The highest BCUT2D eigenvalue weighted by Gasteiger charge is 2.20. The number of hydrogen-bond donors (Lipinski definition) is 0. The highest BCUT2D eigenvalue weighted by molar-refractivity contribution is 9.10. The lowest BCUT2D eigenvalue weighted by Crippen LogP contribution is -2.14. The summed E-state index contributed by atoms with van der Waals surface area (Å²) in [6.07, 6.45) is 6.04. The Morgan fingerprint density at radius 2 is 2.16 bits per heavy atom. The van der Waals surface area contributed by atoms with E-state index in [1.807, 2.05) is 17.5 Å². The summed E-state index contributed by atoms with van der Waals surface area (Å²) in [7, 11) is 0. The third-order valence-electron chi connectivity index (χ3n) is 3.32. The second-order valence-electron chi connectivity index (χ2n) is 4.59. The molecule has 19 heavy (non-hydrogen) atoms. The van der Waals surface area contributed by atoms with Crippen LogP contribution < -0.4 is 4.74 Å².